The molecule has 182 valence electrons. The number of aromatic nitrogens is 4. The first kappa shape index (κ1) is 24.4. The van der Waals surface area contributed by atoms with Gasteiger partial charge in [0.15, 0.2) is 5.82 Å². The quantitative estimate of drug-likeness (QED) is 0.525. The molecule has 1 saturated heterocycles. The summed E-state index contributed by atoms with van der Waals surface area (Å²) in [6, 6.07) is 7.63. The third kappa shape index (κ3) is 5.03. The maximum atomic E-state index is 12.9. The summed E-state index contributed by atoms with van der Waals surface area (Å²) in [7, 11) is 0. The molecule has 34 heavy (non-hydrogen) atoms. The Hall–Kier alpha value is -2.71. The Bertz CT molecular complexity index is 1140. The SMILES string of the molecule is CCN(CC)CCNC(=O)[C@H]1CCCN(c2nnc(C)c3c(C)n(-c4ccc(Cl)cc4)nc23)C1. The van der Waals surface area contributed by atoms with Crippen molar-refractivity contribution in [2.24, 2.45) is 5.92 Å². The zero-order valence-electron chi connectivity index (χ0n) is 20.5. The van der Waals surface area contributed by atoms with Gasteiger partial charge < -0.3 is 15.1 Å². The molecule has 1 aliphatic heterocycles. The van der Waals surface area contributed by atoms with Crippen molar-refractivity contribution in [3.05, 3.63) is 40.7 Å². The summed E-state index contributed by atoms with van der Waals surface area (Å²) in [6.07, 6.45) is 1.82. The molecular formula is C25H34ClN7O. The Labute approximate surface area is 206 Å². The van der Waals surface area contributed by atoms with Crippen LogP contribution in [-0.2, 0) is 4.79 Å². The highest BCUT2D eigenvalue weighted by atomic mass is 35.5. The van der Waals surface area contributed by atoms with Gasteiger partial charge in [-0.25, -0.2) is 4.68 Å². The molecule has 4 rings (SSSR count). The Morgan fingerprint density at radius 1 is 1.18 bits per heavy atom. The summed E-state index contributed by atoms with van der Waals surface area (Å²) >= 11 is 6.08. The maximum Gasteiger partial charge on any atom is 0.224 e. The van der Waals surface area contributed by atoms with Crippen LogP contribution < -0.4 is 10.2 Å². The molecule has 9 heteroatoms. The largest absolute Gasteiger partial charge is 0.355 e. The molecule has 3 aromatic rings. The molecule has 1 fully saturated rings. The molecule has 1 aliphatic rings. The van der Waals surface area contributed by atoms with Crippen LogP contribution in [0.4, 0.5) is 5.82 Å². The zero-order valence-corrected chi connectivity index (χ0v) is 21.3. The Balaban J connectivity index is 1.56. The van der Waals surface area contributed by atoms with Gasteiger partial charge in [-0.1, -0.05) is 25.4 Å². The lowest BCUT2D eigenvalue weighted by Gasteiger charge is -2.32. The number of aryl methyl sites for hydroxylation is 2. The number of anilines is 1. The summed E-state index contributed by atoms with van der Waals surface area (Å²) < 4.78 is 1.92. The number of carbonyl (C=O) groups is 1. The van der Waals surface area contributed by atoms with Crippen molar-refractivity contribution in [3.63, 3.8) is 0 Å². The second-order valence-corrected chi connectivity index (χ2v) is 9.35. The predicted octanol–water partition coefficient (Wildman–Crippen LogP) is 3.76. The molecule has 0 aliphatic carbocycles. The summed E-state index contributed by atoms with van der Waals surface area (Å²) in [5.74, 6) is 0.802. The minimum atomic E-state index is -0.0666. The van der Waals surface area contributed by atoms with E-state index in [1.54, 1.807) is 0 Å². The fourth-order valence-corrected chi connectivity index (χ4v) is 4.89. The molecule has 0 unspecified atom stereocenters. The average Bonchev–Trinajstić information content (AvgIpc) is 3.20. The minimum absolute atomic E-state index is 0.0666. The van der Waals surface area contributed by atoms with Gasteiger partial charge in [-0.2, -0.15) is 10.2 Å². The molecule has 0 radical (unpaired) electrons. The summed E-state index contributed by atoms with van der Waals surface area (Å²) in [6.45, 7) is 13.3. The van der Waals surface area contributed by atoms with E-state index in [1.165, 1.54) is 0 Å². The smallest absolute Gasteiger partial charge is 0.224 e. The van der Waals surface area contributed by atoms with Gasteiger partial charge in [0.1, 0.15) is 5.52 Å². The molecule has 2 aromatic heterocycles. The molecule has 1 N–H and O–H groups in total. The van der Waals surface area contributed by atoms with E-state index in [-0.39, 0.29) is 11.8 Å². The lowest BCUT2D eigenvalue weighted by Crippen LogP contribution is -2.45. The predicted molar refractivity (Wildman–Crippen MR) is 137 cm³/mol. The summed E-state index contributed by atoms with van der Waals surface area (Å²) in [4.78, 5) is 17.4. The molecular weight excluding hydrogens is 450 g/mol. The number of benzene rings is 1. The van der Waals surface area contributed by atoms with E-state index in [0.29, 0.717) is 18.1 Å². The fourth-order valence-electron chi connectivity index (χ4n) is 4.76. The highest BCUT2D eigenvalue weighted by molar-refractivity contribution is 6.30. The molecule has 1 atom stereocenters. The van der Waals surface area contributed by atoms with Crippen molar-refractivity contribution in [2.75, 3.05) is 44.2 Å². The van der Waals surface area contributed by atoms with E-state index < -0.39 is 0 Å². The van der Waals surface area contributed by atoms with E-state index in [2.05, 4.69) is 39.2 Å². The van der Waals surface area contributed by atoms with E-state index in [0.717, 1.165) is 72.8 Å². The van der Waals surface area contributed by atoms with Crippen LogP contribution in [0.2, 0.25) is 5.02 Å². The molecule has 8 nitrogen and oxygen atoms in total. The van der Waals surface area contributed by atoms with Crippen LogP contribution in [-0.4, -0.2) is 70.1 Å². The number of likely N-dealkylation sites (N-methyl/N-ethyl adjacent to an activating group) is 1. The van der Waals surface area contributed by atoms with Gasteiger partial charge in [-0.15, -0.1) is 5.10 Å². The van der Waals surface area contributed by atoms with Crippen LogP contribution in [0.5, 0.6) is 0 Å². The Morgan fingerprint density at radius 3 is 2.62 bits per heavy atom. The number of halogens is 1. The van der Waals surface area contributed by atoms with E-state index in [1.807, 2.05) is 42.8 Å². The standard InChI is InChI=1S/C25H34ClN7O/c1-5-31(6-2)15-13-27-25(34)19-8-7-14-32(16-19)24-23-22(17(3)28-29-24)18(4)33(30-23)21-11-9-20(26)10-12-21/h9-12,19H,5-8,13-16H2,1-4H3,(H,27,34)/t19-/m0/s1. The highest BCUT2D eigenvalue weighted by Gasteiger charge is 2.29. The first-order chi connectivity index (χ1) is 16.4. The van der Waals surface area contributed by atoms with Gasteiger partial charge in [0.05, 0.1) is 28.4 Å². The number of nitrogens with zero attached hydrogens (tertiary/aromatic N) is 6. The van der Waals surface area contributed by atoms with E-state index in [9.17, 15) is 4.79 Å². The number of nitrogens with one attached hydrogen (secondary N) is 1. The van der Waals surface area contributed by atoms with Gasteiger partial charge >= 0.3 is 0 Å². The van der Waals surface area contributed by atoms with E-state index >= 15 is 0 Å². The minimum Gasteiger partial charge on any atom is -0.355 e. The lowest BCUT2D eigenvalue weighted by atomic mass is 9.97. The van der Waals surface area contributed by atoms with Gasteiger partial charge in [0.25, 0.3) is 0 Å². The number of carbonyl (C=O) groups excluding carboxylic acids is 1. The number of rotatable bonds is 8. The highest BCUT2D eigenvalue weighted by Crippen LogP contribution is 2.31. The monoisotopic (exact) mass is 483 g/mol. The van der Waals surface area contributed by atoms with Gasteiger partial charge in [0.2, 0.25) is 5.91 Å². The Kier molecular flexibility index (Phi) is 7.68. The van der Waals surface area contributed by atoms with Gasteiger partial charge in [-0.05, 0) is 64.0 Å². The number of amides is 1. The fraction of sp³-hybridized carbons (Fsp3) is 0.520. The lowest BCUT2D eigenvalue weighted by molar-refractivity contribution is -0.125. The first-order valence-corrected chi connectivity index (χ1v) is 12.5. The van der Waals surface area contributed by atoms with Gasteiger partial charge in [-0.3, -0.25) is 4.79 Å². The summed E-state index contributed by atoms with van der Waals surface area (Å²) in [5, 5.41) is 18.7. The van der Waals surface area contributed by atoms with Crippen molar-refractivity contribution in [1.29, 1.82) is 0 Å². The molecule has 1 amide bonds. The summed E-state index contributed by atoms with van der Waals surface area (Å²) in [5.41, 5.74) is 3.61. The number of piperidine rings is 1. The number of hydrogen-bond acceptors (Lipinski definition) is 6. The molecule has 0 bridgehead atoms. The third-order valence-electron chi connectivity index (χ3n) is 6.77. The normalized spacial score (nSPS) is 16.4. The van der Waals surface area contributed by atoms with Crippen molar-refractivity contribution in [3.8, 4) is 5.69 Å². The van der Waals surface area contributed by atoms with Crippen molar-refractivity contribution in [2.45, 2.75) is 40.5 Å². The van der Waals surface area contributed by atoms with Crippen LogP contribution in [0, 0.1) is 19.8 Å². The van der Waals surface area contributed by atoms with Crippen molar-refractivity contribution < 1.29 is 4.79 Å². The van der Waals surface area contributed by atoms with Crippen molar-refractivity contribution in [1.82, 2.24) is 30.2 Å². The maximum absolute atomic E-state index is 12.9. The molecule has 0 saturated carbocycles. The first-order valence-electron chi connectivity index (χ1n) is 12.2. The van der Waals surface area contributed by atoms with Gasteiger partial charge in [0, 0.05) is 31.2 Å². The topological polar surface area (TPSA) is 79.2 Å². The zero-order chi connectivity index (χ0) is 24.2. The van der Waals surface area contributed by atoms with Crippen LogP contribution in [0.3, 0.4) is 0 Å². The van der Waals surface area contributed by atoms with E-state index in [4.69, 9.17) is 16.7 Å². The molecule has 1 aromatic carbocycles. The van der Waals surface area contributed by atoms with Crippen LogP contribution in [0.25, 0.3) is 16.6 Å². The second kappa shape index (κ2) is 10.7. The Morgan fingerprint density at radius 2 is 1.91 bits per heavy atom. The van der Waals surface area contributed by atoms with Crippen LogP contribution >= 0.6 is 11.6 Å². The third-order valence-corrected chi connectivity index (χ3v) is 7.02. The van der Waals surface area contributed by atoms with Crippen molar-refractivity contribution >= 4 is 34.2 Å². The van der Waals surface area contributed by atoms with Crippen LogP contribution in [0.1, 0.15) is 38.1 Å². The molecule has 3 heterocycles. The average molecular weight is 484 g/mol. The molecule has 0 spiro atoms. The second-order valence-electron chi connectivity index (χ2n) is 8.91. The number of hydrogen-bond donors (Lipinski definition) is 1. The van der Waals surface area contributed by atoms with Crippen LogP contribution in [0.15, 0.2) is 24.3 Å². The number of fused-ring (bicyclic) bond motifs is 1.